The van der Waals surface area contributed by atoms with Crippen molar-refractivity contribution in [1.29, 1.82) is 0 Å². The SMILES string of the molecule is C.C.C.[O]=[Mn](=[O])(=[O])[O-].[O]=[Mn]=[O]. The van der Waals surface area contributed by atoms with Crippen LogP contribution >= 0.6 is 0 Å². The molecule has 0 saturated carbocycles. The first-order valence-electron chi connectivity index (χ1n) is 0.926. The molecule has 0 bridgehead atoms. The summed E-state index contributed by atoms with van der Waals surface area (Å²) in [6, 6.07) is 0. The Morgan fingerprint density at radius 2 is 0.909 bits per heavy atom. The van der Waals surface area contributed by atoms with Crippen LogP contribution in [0.3, 0.4) is 0 Å². The molecule has 11 heavy (non-hydrogen) atoms. The van der Waals surface area contributed by atoms with Crippen LogP contribution in [-0.4, -0.2) is 0 Å². The molecular formula is C3H12Mn2O6-. The van der Waals surface area contributed by atoms with Crippen LogP contribution < -0.4 is 4.19 Å². The Morgan fingerprint density at radius 1 is 0.909 bits per heavy atom. The average Bonchev–Trinajstić information content (AvgIpc) is 1.27. The van der Waals surface area contributed by atoms with Crippen LogP contribution in [0.2, 0.25) is 0 Å². The molecule has 0 fully saturated rings. The summed E-state index contributed by atoms with van der Waals surface area (Å²) in [5, 5.41) is 0. The van der Waals surface area contributed by atoms with Crippen molar-refractivity contribution in [2.24, 2.45) is 0 Å². The van der Waals surface area contributed by atoms with Gasteiger partial charge in [-0.25, -0.2) is 0 Å². The second-order valence-electron chi connectivity index (χ2n) is 0.441. The molecule has 0 heterocycles. The van der Waals surface area contributed by atoms with Crippen LogP contribution in [0.5, 0.6) is 0 Å². The van der Waals surface area contributed by atoms with E-state index in [0.29, 0.717) is 0 Å². The maximum absolute atomic E-state index is 8.58. The molecule has 0 atom stereocenters. The van der Waals surface area contributed by atoms with E-state index in [-0.39, 0.29) is 22.3 Å². The molecule has 0 aliphatic heterocycles. The van der Waals surface area contributed by atoms with Gasteiger partial charge < -0.3 is 0 Å². The molecule has 0 aliphatic carbocycles. The normalized spacial score (nSPS) is 6.27. The van der Waals surface area contributed by atoms with Crippen LogP contribution in [0.1, 0.15) is 22.3 Å². The van der Waals surface area contributed by atoms with Crippen LogP contribution in [-0.2, 0) is 47.0 Å². The van der Waals surface area contributed by atoms with Gasteiger partial charge in [-0.15, -0.1) is 0 Å². The average molecular weight is 254 g/mol. The van der Waals surface area contributed by atoms with Gasteiger partial charge >= 0.3 is 51.2 Å². The molecule has 0 rings (SSSR count). The molecule has 0 aromatic rings. The van der Waals surface area contributed by atoms with Crippen molar-refractivity contribution < 1.29 is 51.2 Å². The maximum atomic E-state index is 8.58. The van der Waals surface area contributed by atoms with E-state index in [0.717, 1.165) is 0 Å². The summed E-state index contributed by atoms with van der Waals surface area (Å²) in [6.07, 6.45) is 0. The zero-order chi connectivity index (χ0) is 7.21. The molecule has 8 heteroatoms. The van der Waals surface area contributed by atoms with Gasteiger partial charge in [0.25, 0.3) is 0 Å². The molecule has 75 valence electrons. The third-order valence-corrected chi connectivity index (χ3v) is 0. The topological polar surface area (TPSA) is 108 Å². The standard InChI is InChI=1S/3CH4.2Mn.6O/h3*1H4;;;;;;;;/q;;;;;;;;;;-1. The molecule has 0 amide bonds. The van der Waals surface area contributed by atoms with Crippen LogP contribution in [0, 0.1) is 0 Å². The molecule has 0 aromatic carbocycles. The van der Waals surface area contributed by atoms with Crippen LogP contribution in [0.15, 0.2) is 0 Å². The van der Waals surface area contributed by atoms with Gasteiger partial charge in [0.1, 0.15) is 0 Å². The van der Waals surface area contributed by atoms with E-state index in [9.17, 15) is 0 Å². The molecule has 6 nitrogen and oxygen atoms in total. The predicted molar refractivity (Wildman–Crippen MR) is 23.6 cm³/mol. The van der Waals surface area contributed by atoms with Crippen molar-refractivity contribution in [1.82, 2.24) is 0 Å². The van der Waals surface area contributed by atoms with E-state index in [1.165, 1.54) is 0 Å². The molecule has 0 saturated heterocycles. The van der Waals surface area contributed by atoms with Gasteiger partial charge in [-0.1, -0.05) is 22.3 Å². The summed E-state index contributed by atoms with van der Waals surface area (Å²) in [5.41, 5.74) is 0. The van der Waals surface area contributed by atoms with Crippen molar-refractivity contribution in [3.63, 3.8) is 0 Å². The quantitative estimate of drug-likeness (QED) is 0.568. The van der Waals surface area contributed by atoms with E-state index < -0.39 is 27.8 Å². The number of hydrogen-bond donors (Lipinski definition) is 0. The zero-order valence-corrected chi connectivity index (χ0v) is 5.57. The number of hydrogen-bond acceptors (Lipinski definition) is 6. The Bertz CT molecular complexity index is 199. The van der Waals surface area contributed by atoms with Gasteiger partial charge in [0.2, 0.25) is 0 Å². The molecule has 0 radical (unpaired) electrons. The monoisotopic (exact) mass is 254 g/mol. The Balaban J connectivity index is -0.0000000183. The van der Waals surface area contributed by atoms with E-state index in [2.05, 4.69) is 0 Å². The fourth-order valence-electron chi connectivity index (χ4n) is 0. The summed E-state index contributed by atoms with van der Waals surface area (Å²) < 4.78 is 51.1. The summed E-state index contributed by atoms with van der Waals surface area (Å²) in [4.78, 5) is 0. The Hall–Kier alpha value is -0.00104. The van der Waals surface area contributed by atoms with Gasteiger partial charge in [0.05, 0.1) is 0 Å². The van der Waals surface area contributed by atoms with Crippen molar-refractivity contribution >= 4 is 0 Å². The van der Waals surface area contributed by atoms with Gasteiger partial charge in [0.15, 0.2) is 0 Å². The first kappa shape index (κ1) is 30.6. The van der Waals surface area contributed by atoms with Crippen molar-refractivity contribution in [2.75, 3.05) is 0 Å². The summed E-state index contributed by atoms with van der Waals surface area (Å²) in [7, 11) is 0. The fourth-order valence-corrected chi connectivity index (χ4v) is 0. The van der Waals surface area contributed by atoms with Gasteiger partial charge in [-0.05, 0) is 0 Å². The molecule has 0 aromatic heterocycles. The first-order valence-corrected chi connectivity index (χ1v) is 3.82. The van der Waals surface area contributed by atoms with E-state index in [1.807, 2.05) is 0 Å². The minimum absolute atomic E-state index is 0. The molecule has 0 spiro atoms. The van der Waals surface area contributed by atoms with Crippen molar-refractivity contribution in [2.45, 2.75) is 22.3 Å². The van der Waals surface area contributed by atoms with E-state index in [4.69, 9.17) is 23.4 Å². The molecule has 0 unspecified atom stereocenters. The molecule has 0 N–H and O–H groups in total. The number of rotatable bonds is 0. The van der Waals surface area contributed by atoms with E-state index >= 15 is 0 Å². The summed E-state index contributed by atoms with van der Waals surface area (Å²) >= 11 is -7.06. The zero-order valence-electron chi connectivity index (χ0n) is 3.21. The molecule has 0 aliphatic rings. The van der Waals surface area contributed by atoms with Crippen molar-refractivity contribution in [3.8, 4) is 0 Å². The van der Waals surface area contributed by atoms with Crippen LogP contribution in [0.4, 0.5) is 0 Å². The summed E-state index contributed by atoms with van der Waals surface area (Å²) in [5.74, 6) is 0. The second kappa shape index (κ2) is 16.5. The van der Waals surface area contributed by atoms with Crippen LogP contribution in [0.25, 0.3) is 0 Å². The van der Waals surface area contributed by atoms with Gasteiger partial charge in [-0.2, -0.15) is 0 Å². The second-order valence-corrected chi connectivity index (χ2v) is 1.82. The predicted octanol–water partition coefficient (Wildman–Crippen LogP) is 0.120. The first-order chi connectivity index (χ1) is 3.41. The molecular weight excluding hydrogens is 242 g/mol. The van der Waals surface area contributed by atoms with E-state index in [1.54, 1.807) is 0 Å². The Morgan fingerprint density at radius 3 is 0.909 bits per heavy atom. The van der Waals surface area contributed by atoms with Crippen molar-refractivity contribution in [3.05, 3.63) is 0 Å². The van der Waals surface area contributed by atoms with Gasteiger partial charge in [0, 0.05) is 0 Å². The third kappa shape index (κ3) is 593000000. The fraction of sp³-hybridized carbons (Fsp3) is 1.00. The third-order valence-electron chi connectivity index (χ3n) is 0. The summed E-state index contributed by atoms with van der Waals surface area (Å²) in [6.45, 7) is 0. The van der Waals surface area contributed by atoms with Gasteiger partial charge in [-0.3, -0.25) is 0 Å². The Kier molecular flexibility index (Phi) is 45.9. The Labute approximate surface area is 73.7 Å². The minimum atomic E-state index is -5.62.